The standard InChI is InChI=1S/C13H26N2O3/c1-4-12(16)11(7-5-6-8-14)15-13(17)18-9-10(2)3/h10-11H,4-9,14H2,1-3H3,(H,15,17). The molecule has 0 rings (SSSR count). The van der Waals surface area contributed by atoms with Gasteiger partial charge >= 0.3 is 6.09 Å². The van der Waals surface area contributed by atoms with Crippen molar-refractivity contribution in [3.63, 3.8) is 0 Å². The summed E-state index contributed by atoms with van der Waals surface area (Å²) in [5.74, 6) is 0.321. The molecule has 0 saturated heterocycles. The average molecular weight is 258 g/mol. The Bertz CT molecular complexity index is 255. The first-order valence-electron chi connectivity index (χ1n) is 6.67. The zero-order chi connectivity index (χ0) is 14.0. The molecule has 18 heavy (non-hydrogen) atoms. The molecule has 0 aliphatic carbocycles. The molecule has 0 fully saturated rings. The molecule has 0 aromatic rings. The van der Waals surface area contributed by atoms with Crippen molar-refractivity contribution in [3.05, 3.63) is 0 Å². The molecule has 0 aromatic heterocycles. The van der Waals surface area contributed by atoms with Crippen LogP contribution in [-0.2, 0) is 9.53 Å². The maximum atomic E-state index is 11.7. The third-order valence-electron chi connectivity index (χ3n) is 2.52. The highest BCUT2D eigenvalue weighted by molar-refractivity contribution is 5.87. The number of Topliss-reactive ketones (excluding diaryl/α,β-unsaturated/α-hetero) is 1. The number of ether oxygens (including phenoxy) is 1. The van der Waals surface area contributed by atoms with Crippen LogP contribution in [-0.4, -0.2) is 31.1 Å². The number of carbonyl (C=O) groups is 2. The molecule has 0 radical (unpaired) electrons. The topological polar surface area (TPSA) is 81.4 Å². The highest BCUT2D eigenvalue weighted by Gasteiger charge is 2.19. The predicted molar refractivity (Wildman–Crippen MR) is 71.3 cm³/mol. The van der Waals surface area contributed by atoms with E-state index in [2.05, 4.69) is 5.32 Å². The van der Waals surface area contributed by atoms with Crippen LogP contribution in [0.3, 0.4) is 0 Å². The van der Waals surface area contributed by atoms with Crippen LogP contribution < -0.4 is 11.1 Å². The summed E-state index contributed by atoms with van der Waals surface area (Å²) in [5.41, 5.74) is 5.41. The minimum absolute atomic E-state index is 0.0357. The maximum absolute atomic E-state index is 11.7. The van der Waals surface area contributed by atoms with E-state index in [1.54, 1.807) is 6.92 Å². The zero-order valence-electron chi connectivity index (χ0n) is 11.7. The molecular weight excluding hydrogens is 232 g/mol. The van der Waals surface area contributed by atoms with Gasteiger partial charge in [-0.2, -0.15) is 0 Å². The SMILES string of the molecule is CCC(=O)C(CCCCN)NC(=O)OCC(C)C. The fourth-order valence-corrected chi connectivity index (χ4v) is 1.48. The number of unbranched alkanes of at least 4 members (excludes halogenated alkanes) is 1. The number of rotatable bonds is 9. The minimum atomic E-state index is -0.511. The molecule has 0 heterocycles. The second kappa shape index (κ2) is 9.88. The molecule has 5 heteroatoms. The van der Waals surface area contributed by atoms with E-state index in [9.17, 15) is 9.59 Å². The Morgan fingerprint density at radius 3 is 2.44 bits per heavy atom. The number of alkyl carbamates (subject to hydrolysis) is 1. The van der Waals surface area contributed by atoms with Crippen LogP contribution in [0.15, 0.2) is 0 Å². The van der Waals surface area contributed by atoms with Gasteiger partial charge in [0, 0.05) is 6.42 Å². The van der Waals surface area contributed by atoms with Gasteiger partial charge in [0.1, 0.15) is 0 Å². The summed E-state index contributed by atoms with van der Waals surface area (Å²) in [6.45, 7) is 6.68. The van der Waals surface area contributed by atoms with Crippen LogP contribution in [0.5, 0.6) is 0 Å². The van der Waals surface area contributed by atoms with Gasteiger partial charge in [0.2, 0.25) is 0 Å². The van der Waals surface area contributed by atoms with E-state index >= 15 is 0 Å². The highest BCUT2D eigenvalue weighted by atomic mass is 16.5. The second-order valence-electron chi connectivity index (χ2n) is 4.79. The lowest BCUT2D eigenvalue weighted by Gasteiger charge is -2.17. The fourth-order valence-electron chi connectivity index (χ4n) is 1.48. The van der Waals surface area contributed by atoms with Crippen molar-refractivity contribution in [2.24, 2.45) is 11.7 Å². The summed E-state index contributed by atoms with van der Waals surface area (Å²) in [4.78, 5) is 23.2. The summed E-state index contributed by atoms with van der Waals surface area (Å²) in [5, 5.41) is 2.63. The largest absolute Gasteiger partial charge is 0.449 e. The van der Waals surface area contributed by atoms with Crippen molar-refractivity contribution < 1.29 is 14.3 Å². The lowest BCUT2D eigenvalue weighted by molar-refractivity contribution is -0.120. The van der Waals surface area contributed by atoms with Crippen molar-refractivity contribution in [1.82, 2.24) is 5.32 Å². The molecular formula is C13H26N2O3. The third kappa shape index (κ3) is 8.06. The molecule has 0 spiro atoms. The van der Waals surface area contributed by atoms with Gasteiger partial charge in [0.05, 0.1) is 12.6 Å². The van der Waals surface area contributed by atoms with E-state index in [1.807, 2.05) is 13.8 Å². The second-order valence-corrected chi connectivity index (χ2v) is 4.79. The van der Waals surface area contributed by atoms with Gasteiger partial charge in [-0.3, -0.25) is 4.79 Å². The molecule has 1 amide bonds. The molecule has 0 aliphatic rings. The normalized spacial score (nSPS) is 12.3. The number of nitrogens with two attached hydrogens (primary N) is 1. The number of amides is 1. The zero-order valence-corrected chi connectivity index (χ0v) is 11.7. The van der Waals surface area contributed by atoms with Crippen LogP contribution in [0, 0.1) is 5.92 Å². The molecule has 0 saturated carbocycles. The van der Waals surface area contributed by atoms with E-state index < -0.39 is 12.1 Å². The van der Waals surface area contributed by atoms with Gasteiger partial charge in [-0.05, 0) is 31.7 Å². The molecule has 1 atom stereocenters. The van der Waals surface area contributed by atoms with Crippen LogP contribution in [0.4, 0.5) is 4.79 Å². The Hall–Kier alpha value is -1.10. The Balaban J connectivity index is 4.13. The molecule has 1 unspecified atom stereocenters. The molecule has 0 aromatic carbocycles. The Morgan fingerprint density at radius 2 is 1.94 bits per heavy atom. The lowest BCUT2D eigenvalue weighted by Crippen LogP contribution is -2.41. The van der Waals surface area contributed by atoms with E-state index in [0.29, 0.717) is 26.0 Å². The molecule has 0 bridgehead atoms. The van der Waals surface area contributed by atoms with Crippen LogP contribution in [0.2, 0.25) is 0 Å². The minimum Gasteiger partial charge on any atom is -0.449 e. The molecule has 3 N–H and O–H groups in total. The van der Waals surface area contributed by atoms with E-state index in [0.717, 1.165) is 12.8 Å². The predicted octanol–water partition coefficient (Wildman–Crippen LogP) is 1.85. The van der Waals surface area contributed by atoms with Gasteiger partial charge in [0.15, 0.2) is 5.78 Å². The number of hydrogen-bond acceptors (Lipinski definition) is 4. The first kappa shape index (κ1) is 16.9. The third-order valence-corrected chi connectivity index (χ3v) is 2.52. The summed E-state index contributed by atoms with van der Waals surface area (Å²) in [6, 6.07) is -0.443. The number of ketones is 1. The fraction of sp³-hybridized carbons (Fsp3) is 0.846. The van der Waals surface area contributed by atoms with Crippen molar-refractivity contribution in [3.8, 4) is 0 Å². The number of nitrogens with one attached hydrogen (secondary N) is 1. The van der Waals surface area contributed by atoms with Gasteiger partial charge < -0.3 is 15.8 Å². The van der Waals surface area contributed by atoms with Crippen LogP contribution in [0.25, 0.3) is 0 Å². The van der Waals surface area contributed by atoms with Crippen molar-refractivity contribution in [1.29, 1.82) is 0 Å². The number of carbonyl (C=O) groups excluding carboxylic acids is 2. The number of hydrogen-bond donors (Lipinski definition) is 2. The van der Waals surface area contributed by atoms with Crippen molar-refractivity contribution >= 4 is 11.9 Å². The van der Waals surface area contributed by atoms with Crippen molar-refractivity contribution in [2.45, 2.75) is 52.5 Å². The van der Waals surface area contributed by atoms with Crippen molar-refractivity contribution in [2.75, 3.05) is 13.2 Å². The van der Waals surface area contributed by atoms with Gasteiger partial charge in [-0.1, -0.05) is 20.8 Å². The molecule has 5 nitrogen and oxygen atoms in total. The lowest BCUT2D eigenvalue weighted by atomic mass is 10.0. The molecule has 106 valence electrons. The van der Waals surface area contributed by atoms with E-state index in [-0.39, 0.29) is 11.7 Å². The van der Waals surface area contributed by atoms with Crippen LogP contribution >= 0.6 is 0 Å². The Labute approximate surface area is 109 Å². The summed E-state index contributed by atoms with van der Waals surface area (Å²) < 4.78 is 5.01. The Kier molecular flexibility index (Phi) is 9.28. The monoisotopic (exact) mass is 258 g/mol. The first-order valence-corrected chi connectivity index (χ1v) is 6.67. The maximum Gasteiger partial charge on any atom is 0.407 e. The van der Waals surface area contributed by atoms with Gasteiger partial charge in [0.25, 0.3) is 0 Å². The van der Waals surface area contributed by atoms with Gasteiger partial charge in [-0.25, -0.2) is 4.79 Å². The van der Waals surface area contributed by atoms with Gasteiger partial charge in [-0.15, -0.1) is 0 Å². The summed E-state index contributed by atoms with van der Waals surface area (Å²) in [7, 11) is 0. The first-order chi connectivity index (χ1) is 8.51. The smallest absolute Gasteiger partial charge is 0.407 e. The summed E-state index contributed by atoms with van der Waals surface area (Å²) in [6.07, 6.45) is 2.22. The van der Waals surface area contributed by atoms with E-state index in [4.69, 9.17) is 10.5 Å². The van der Waals surface area contributed by atoms with Crippen LogP contribution in [0.1, 0.15) is 46.5 Å². The summed E-state index contributed by atoms with van der Waals surface area (Å²) >= 11 is 0. The highest BCUT2D eigenvalue weighted by Crippen LogP contribution is 2.04. The molecule has 0 aliphatic heterocycles. The van der Waals surface area contributed by atoms with E-state index in [1.165, 1.54) is 0 Å². The quantitative estimate of drug-likeness (QED) is 0.618. The average Bonchev–Trinajstić information content (AvgIpc) is 2.34. The Morgan fingerprint density at radius 1 is 1.28 bits per heavy atom.